The molecule has 2 heterocycles. The van der Waals surface area contributed by atoms with E-state index in [1.54, 1.807) is 0 Å². The number of benzene rings is 1. The summed E-state index contributed by atoms with van der Waals surface area (Å²) in [6, 6.07) is 5.80. The van der Waals surface area contributed by atoms with Crippen molar-refractivity contribution in [2.45, 2.75) is 58.5 Å². The molecule has 2 aliphatic heterocycles. The largest absolute Gasteiger partial charge is 0.354 e. The highest BCUT2D eigenvalue weighted by atomic mass is 16.2. The third-order valence-electron chi connectivity index (χ3n) is 6.19. The number of carbonyl (C=O) groups excluding carboxylic acids is 2. The molecule has 1 aromatic carbocycles. The van der Waals surface area contributed by atoms with E-state index in [9.17, 15) is 9.59 Å². The smallest absolute Gasteiger partial charge is 0.241 e. The monoisotopic (exact) mass is 386 g/mol. The van der Waals surface area contributed by atoms with Gasteiger partial charge in [0.2, 0.25) is 11.8 Å². The van der Waals surface area contributed by atoms with Crippen LogP contribution < -0.4 is 16.0 Å². The van der Waals surface area contributed by atoms with Gasteiger partial charge in [0, 0.05) is 18.8 Å². The summed E-state index contributed by atoms with van der Waals surface area (Å²) >= 11 is 0. The van der Waals surface area contributed by atoms with Crippen LogP contribution in [0.15, 0.2) is 18.2 Å². The molecule has 2 saturated heterocycles. The molecule has 2 amide bonds. The zero-order valence-corrected chi connectivity index (χ0v) is 17.4. The number of amides is 2. The van der Waals surface area contributed by atoms with Crippen molar-refractivity contribution in [1.29, 1.82) is 0 Å². The highest BCUT2D eigenvalue weighted by Gasteiger charge is 2.28. The van der Waals surface area contributed by atoms with E-state index < -0.39 is 0 Å². The Morgan fingerprint density at radius 3 is 2.75 bits per heavy atom. The van der Waals surface area contributed by atoms with Gasteiger partial charge in [-0.25, -0.2) is 0 Å². The molecular weight excluding hydrogens is 352 g/mol. The van der Waals surface area contributed by atoms with Crippen molar-refractivity contribution >= 4 is 17.5 Å². The highest BCUT2D eigenvalue weighted by Crippen LogP contribution is 2.20. The molecule has 0 saturated carbocycles. The van der Waals surface area contributed by atoms with Crippen LogP contribution in [0.5, 0.6) is 0 Å². The lowest BCUT2D eigenvalue weighted by molar-refractivity contribution is -0.124. The molecule has 3 atom stereocenters. The van der Waals surface area contributed by atoms with Gasteiger partial charge in [0.05, 0.1) is 12.1 Å². The maximum Gasteiger partial charge on any atom is 0.241 e. The number of hydrogen-bond acceptors (Lipinski definition) is 4. The lowest BCUT2D eigenvalue weighted by Gasteiger charge is -2.36. The molecule has 2 aliphatic rings. The topological polar surface area (TPSA) is 73.5 Å². The van der Waals surface area contributed by atoms with Crippen LogP contribution in [0.3, 0.4) is 0 Å². The average molecular weight is 387 g/mol. The summed E-state index contributed by atoms with van der Waals surface area (Å²) in [4.78, 5) is 27.2. The number of piperidine rings is 1. The van der Waals surface area contributed by atoms with Crippen molar-refractivity contribution in [2.24, 2.45) is 5.92 Å². The second kappa shape index (κ2) is 9.52. The van der Waals surface area contributed by atoms with Gasteiger partial charge in [0.25, 0.3) is 0 Å². The quantitative estimate of drug-likeness (QED) is 0.701. The minimum atomic E-state index is -0.184. The molecule has 0 aromatic heterocycles. The van der Waals surface area contributed by atoms with E-state index in [-0.39, 0.29) is 23.9 Å². The summed E-state index contributed by atoms with van der Waals surface area (Å²) in [6.45, 7) is 9.50. The Kier molecular flexibility index (Phi) is 7.08. The minimum absolute atomic E-state index is 0.0256. The Bertz CT molecular complexity index is 700. The van der Waals surface area contributed by atoms with E-state index in [1.807, 2.05) is 25.1 Å². The summed E-state index contributed by atoms with van der Waals surface area (Å²) in [5.41, 5.74) is 3.25. The van der Waals surface area contributed by atoms with Crippen molar-refractivity contribution in [2.75, 3.05) is 31.5 Å². The molecule has 1 aromatic rings. The molecule has 2 fully saturated rings. The second-order valence-electron chi connectivity index (χ2n) is 8.36. The van der Waals surface area contributed by atoms with Crippen LogP contribution >= 0.6 is 0 Å². The van der Waals surface area contributed by atoms with E-state index in [2.05, 4.69) is 34.7 Å². The number of likely N-dealkylation sites (tertiary alicyclic amines) is 1. The van der Waals surface area contributed by atoms with Crippen molar-refractivity contribution < 1.29 is 9.59 Å². The summed E-state index contributed by atoms with van der Waals surface area (Å²) in [7, 11) is 0. The summed E-state index contributed by atoms with van der Waals surface area (Å²) in [5, 5.41) is 9.40. The third-order valence-corrected chi connectivity index (χ3v) is 6.19. The first kappa shape index (κ1) is 20.8. The predicted octanol–water partition coefficient (Wildman–Crippen LogP) is 2.21. The van der Waals surface area contributed by atoms with Crippen LogP contribution in [-0.4, -0.2) is 55.0 Å². The van der Waals surface area contributed by atoms with Gasteiger partial charge in [-0.1, -0.05) is 6.07 Å². The van der Waals surface area contributed by atoms with Gasteiger partial charge in [0.15, 0.2) is 0 Å². The molecule has 6 nitrogen and oxygen atoms in total. The van der Waals surface area contributed by atoms with E-state index in [1.165, 1.54) is 11.1 Å². The fourth-order valence-corrected chi connectivity index (χ4v) is 4.12. The highest BCUT2D eigenvalue weighted by molar-refractivity contribution is 5.94. The van der Waals surface area contributed by atoms with Crippen molar-refractivity contribution in [3.05, 3.63) is 29.3 Å². The second-order valence-corrected chi connectivity index (χ2v) is 8.36. The third kappa shape index (κ3) is 5.32. The number of aryl methyl sites for hydroxylation is 2. The van der Waals surface area contributed by atoms with Crippen molar-refractivity contribution in [1.82, 2.24) is 15.5 Å². The molecule has 3 N–H and O–H groups in total. The lowest BCUT2D eigenvalue weighted by Crippen LogP contribution is -2.50. The molecule has 6 heteroatoms. The van der Waals surface area contributed by atoms with Gasteiger partial charge in [-0.3, -0.25) is 14.5 Å². The average Bonchev–Trinajstić information content (AvgIpc) is 3.23. The molecule has 0 bridgehead atoms. The first-order valence-electron chi connectivity index (χ1n) is 10.6. The van der Waals surface area contributed by atoms with Crippen LogP contribution in [-0.2, 0) is 9.59 Å². The van der Waals surface area contributed by atoms with Gasteiger partial charge in [-0.2, -0.15) is 0 Å². The Balaban J connectivity index is 1.48. The lowest BCUT2D eigenvalue weighted by atomic mass is 9.96. The SMILES string of the molecule is Cc1ccc(NC(=O)C(C)N2CCCC(CNC(=O)C3CCCN3)C2)cc1C. The van der Waals surface area contributed by atoms with E-state index in [4.69, 9.17) is 0 Å². The number of hydrogen-bond donors (Lipinski definition) is 3. The number of nitrogens with one attached hydrogen (secondary N) is 3. The Hall–Kier alpha value is -1.92. The van der Waals surface area contributed by atoms with E-state index in [0.717, 1.165) is 51.0 Å². The molecule has 0 radical (unpaired) electrons. The maximum atomic E-state index is 12.7. The first-order chi connectivity index (χ1) is 13.4. The summed E-state index contributed by atoms with van der Waals surface area (Å²) < 4.78 is 0. The fourth-order valence-electron chi connectivity index (χ4n) is 4.12. The predicted molar refractivity (Wildman–Crippen MR) is 112 cm³/mol. The summed E-state index contributed by atoms with van der Waals surface area (Å²) in [6.07, 6.45) is 4.16. The van der Waals surface area contributed by atoms with E-state index >= 15 is 0 Å². The molecule has 154 valence electrons. The maximum absolute atomic E-state index is 12.7. The Morgan fingerprint density at radius 1 is 1.21 bits per heavy atom. The van der Waals surface area contributed by atoms with Crippen molar-refractivity contribution in [3.63, 3.8) is 0 Å². The number of rotatable bonds is 6. The summed E-state index contributed by atoms with van der Waals surface area (Å²) in [5.74, 6) is 0.550. The molecule has 3 rings (SSSR count). The van der Waals surface area contributed by atoms with Crippen LogP contribution in [0.2, 0.25) is 0 Å². The number of nitrogens with zero attached hydrogens (tertiary/aromatic N) is 1. The van der Waals surface area contributed by atoms with Crippen LogP contribution in [0.4, 0.5) is 5.69 Å². The van der Waals surface area contributed by atoms with Gasteiger partial charge < -0.3 is 16.0 Å². The van der Waals surface area contributed by atoms with Gasteiger partial charge in [-0.05, 0) is 88.7 Å². The number of carbonyl (C=O) groups is 2. The van der Waals surface area contributed by atoms with Gasteiger partial charge in [-0.15, -0.1) is 0 Å². The molecule has 0 spiro atoms. The first-order valence-corrected chi connectivity index (χ1v) is 10.6. The zero-order valence-electron chi connectivity index (χ0n) is 17.4. The van der Waals surface area contributed by atoms with E-state index in [0.29, 0.717) is 12.5 Å². The van der Waals surface area contributed by atoms with Gasteiger partial charge >= 0.3 is 0 Å². The molecule has 28 heavy (non-hydrogen) atoms. The van der Waals surface area contributed by atoms with Crippen LogP contribution in [0.1, 0.15) is 43.7 Å². The Morgan fingerprint density at radius 2 is 2.04 bits per heavy atom. The molecule has 3 unspecified atom stereocenters. The normalized spacial score (nSPS) is 24.0. The van der Waals surface area contributed by atoms with Crippen molar-refractivity contribution in [3.8, 4) is 0 Å². The van der Waals surface area contributed by atoms with Crippen LogP contribution in [0.25, 0.3) is 0 Å². The molecule has 0 aliphatic carbocycles. The minimum Gasteiger partial charge on any atom is -0.354 e. The van der Waals surface area contributed by atoms with Crippen LogP contribution in [0, 0.1) is 19.8 Å². The number of anilines is 1. The Labute approximate surface area is 168 Å². The zero-order chi connectivity index (χ0) is 20.1. The molecular formula is C22H34N4O2. The van der Waals surface area contributed by atoms with Gasteiger partial charge in [0.1, 0.15) is 0 Å². The standard InChI is InChI=1S/C22H34N4O2/c1-15-8-9-19(12-16(15)2)25-21(27)17(3)26-11-5-6-18(14-26)13-24-22(28)20-7-4-10-23-20/h8-9,12,17-18,20,23H,4-7,10-11,13-14H2,1-3H3,(H,24,28)(H,25,27). The fraction of sp³-hybridized carbons (Fsp3) is 0.636.